The Bertz CT molecular complexity index is 2510. The maximum absolute atomic E-state index is 13.5. The number of hydrogen-bond donors (Lipinski definition) is 3. The van der Waals surface area contributed by atoms with E-state index in [1.54, 1.807) is 18.7 Å². The molecular weight excluding hydrogens is 939 g/mol. The number of methoxy groups -OCH3 is 1. The van der Waals surface area contributed by atoms with Gasteiger partial charge in [0.05, 0.1) is 78.8 Å². The smallest absolute Gasteiger partial charge is 0.295 e. The SMILES string of the molecule is COc1cnc(-n2cnc(CO)n2)c2[nH]cc(C(=O)C(=O)N3CCc4c(ncnc4-c4ccccn4)C3)c12.[3H][B][3H].[U].c1ccc(-c2ncnc3c2CCNC3)nc1. The van der Waals surface area contributed by atoms with E-state index < -0.39 is 11.7 Å². The van der Waals surface area contributed by atoms with E-state index in [0.29, 0.717) is 49.5 Å². The number of rotatable bonds is 7. The molecule has 2 aliphatic rings. The molecule has 0 aromatic carbocycles. The molecule has 2 aliphatic heterocycles. The molecule has 0 unspecified atom stereocenters. The van der Waals surface area contributed by atoms with E-state index >= 15 is 0 Å². The van der Waals surface area contributed by atoms with Crippen LogP contribution in [-0.4, -0.2) is 108 Å². The van der Waals surface area contributed by atoms with Gasteiger partial charge in [-0.05, 0) is 46.3 Å². The third-order valence-corrected chi connectivity index (χ3v) is 9.20. The Labute approximate surface area is 348 Å². The third kappa shape index (κ3) is 7.84. The summed E-state index contributed by atoms with van der Waals surface area (Å²) in [6.07, 6.45) is 12.3. The van der Waals surface area contributed by atoms with Gasteiger partial charge in [-0.3, -0.25) is 19.6 Å². The molecule has 0 saturated carbocycles. The molecule has 0 aliphatic carbocycles. The summed E-state index contributed by atoms with van der Waals surface area (Å²) >= 11 is 0. The van der Waals surface area contributed by atoms with E-state index in [-0.39, 0.29) is 55.7 Å². The van der Waals surface area contributed by atoms with E-state index in [4.69, 9.17) is 7.41 Å². The number of aromatic amines is 1. The second-order valence-electron chi connectivity index (χ2n) is 12.3. The second-order valence-corrected chi connectivity index (χ2v) is 12.3. The fraction of sp³-hybridized carbons (Fsp3) is 0.216. The van der Waals surface area contributed by atoms with Crippen molar-refractivity contribution in [2.24, 2.45) is 0 Å². The molecule has 9 heterocycles. The van der Waals surface area contributed by atoms with Crippen molar-refractivity contribution in [3.63, 3.8) is 0 Å². The summed E-state index contributed by atoms with van der Waals surface area (Å²) in [6.45, 7) is 2.00. The Hall–Kier alpha value is -5.73. The minimum Gasteiger partial charge on any atom is -0.494 e. The van der Waals surface area contributed by atoms with Crippen LogP contribution in [0.2, 0.25) is 0 Å². The Morgan fingerprint density at radius 2 is 1.62 bits per heavy atom. The van der Waals surface area contributed by atoms with Crippen LogP contribution < -0.4 is 10.1 Å². The summed E-state index contributed by atoms with van der Waals surface area (Å²) in [5.41, 5.74) is 7.90. The summed E-state index contributed by atoms with van der Waals surface area (Å²) < 4.78 is 18.3. The fourth-order valence-corrected chi connectivity index (χ4v) is 6.60. The van der Waals surface area contributed by atoms with Gasteiger partial charge in [0.25, 0.3) is 11.7 Å². The van der Waals surface area contributed by atoms with Crippen molar-refractivity contribution < 1.29 is 50.5 Å². The zero-order valence-electron chi connectivity index (χ0n) is 32.1. The summed E-state index contributed by atoms with van der Waals surface area (Å²) in [7, 11) is 1.96. The van der Waals surface area contributed by atoms with Crippen LogP contribution in [0.4, 0.5) is 0 Å². The third-order valence-electron chi connectivity index (χ3n) is 9.20. The first kappa shape index (κ1) is 37.2. The van der Waals surface area contributed by atoms with Gasteiger partial charge in [-0.2, -0.15) is 0 Å². The molecule has 0 atom stereocenters. The van der Waals surface area contributed by atoms with Crippen molar-refractivity contribution in [3.8, 4) is 34.3 Å². The Morgan fingerprint density at radius 3 is 2.27 bits per heavy atom. The molecule has 0 bridgehead atoms. The number of nitrogens with one attached hydrogen (secondary N) is 2. The van der Waals surface area contributed by atoms with Crippen LogP contribution in [0.5, 0.6) is 5.75 Å². The Morgan fingerprint density at radius 1 is 0.929 bits per heavy atom. The summed E-state index contributed by atoms with van der Waals surface area (Å²) in [5, 5.41) is 17.2. The molecule has 0 spiro atoms. The number of fused-ring (bicyclic) bond motifs is 3. The first-order chi connectivity index (χ1) is 27.9. The molecule has 0 saturated heterocycles. The fourth-order valence-electron chi connectivity index (χ4n) is 6.60. The Balaban J connectivity index is 0.000000235. The number of aromatic nitrogens is 11. The molecule has 17 nitrogen and oxygen atoms in total. The second kappa shape index (κ2) is 17.8. The van der Waals surface area contributed by atoms with Crippen LogP contribution in [0.25, 0.3) is 39.5 Å². The normalized spacial score (nSPS) is 13.2. The first-order valence-corrected chi connectivity index (χ1v) is 17.1. The number of carbonyl (C=O) groups is 2. The predicted molar refractivity (Wildman–Crippen MR) is 201 cm³/mol. The molecule has 279 valence electrons. The molecule has 9 rings (SSSR count). The van der Waals surface area contributed by atoms with Gasteiger partial charge in [-0.25, -0.2) is 34.6 Å². The van der Waals surface area contributed by atoms with Crippen molar-refractivity contribution >= 4 is 30.9 Å². The number of aliphatic hydroxyl groups is 1. The molecule has 7 aromatic rings. The van der Waals surface area contributed by atoms with Gasteiger partial charge in [0, 0.05) is 73.9 Å². The van der Waals surface area contributed by atoms with Gasteiger partial charge in [0.1, 0.15) is 31.3 Å². The maximum atomic E-state index is 13.5. The van der Waals surface area contributed by atoms with E-state index in [2.05, 4.69) is 55.3 Å². The molecule has 19 heteroatoms. The number of H-pyrrole nitrogens is 1. The average molecular weight is 979 g/mol. The minimum atomic E-state index is -0.691. The van der Waals surface area contributed by atoms with Crippen LogP contribution >= 0.6 is 0 Å². The van der Waals surface area contributed by atoms with Crippen LogP contribution in [0.3, 0.4) is 0 Å². The molecule has 0 fully saturated rings. The predicted octanol–water partition coefficient (Wildman–Crippen LogP) is 1.53. The number of ether oxygens (including phenoxy) is 1. The molecule has 1 radical (unpaired) electrons. The van der Waals surface area contributed by atoms with Gasteiger partial charge in [0.15, 0.2) is 11.6 Å². The number of Topliss-reactive ketones (excluding diaryl/α,β-unsaturated/α-hetero) is 1. The van der Waals surface area contributed by atoms with Crippen molar-refractivity contribution in [1.29, 1.82) is 2.67 Å². The van der Waals surface area contributed by atoms with Crippen molar-refractivity contribution in [3.05, 3.63) is 114 Å². The zero-order chi connectivity index (χ0) is 39.7. The van der Waals surface area contributed by atoms with E-state index in [0.717, 1.165) is 53.5 Å². The van der Waals surface area contributed by atoms with Crippen LogP contribution in [-0.2, 0) is 37.3 Å². The van der Waals surface area contributed by atoms with Crippen LogP contribution in [0.15, 0.2) is 80.2 Å². The van der Waals surface area contributed by atoms with Gasteiger partial charge >= 0.3 is 0 Å². The molecule has 56 heavy (non-hydrogen) atoms. The largest absolute Gasteiger partial charge is 0.494 e. The quantitative estimate of drug-likeness (QED) is 0.117. The summed E-state index contributed by atoms with van der Waals surface area (Å²) in [5.74, 6) is -0.471. The number of ketones is 1. The standard InChI is InChI=1S/C25H21N9O4.C12H12N4.BH2.U/c1-38-18-9-28-24(34-13-31-19(11-35)32-34)22-20(18)15(8-27-22)23(36)25(37)33-7-5-14-17(10-33)29-12-30-21(14)16-4-2-3-6-26-16;1-2-5-14-10(3-1)12-9-4-6-13-7-11(9)15-8-16-12;;/h2-4,6,8-9,12-13,27,35H,5,7,10-11H2,1H3;1-3,5,8,13H,4,6-7H2;1H2;/i;;1T2;. The zero-order valence-corrected chi connectivity index (χ0v) is 34.3. The number of nitrogens with zero attached hydrogens (tertiary/aromatic N) is 11. The topological polar surface area (TPSA) is 216 Å². The first-order valence-electron chi connectivity index (χ1n) is 18.3. The van der Waals surface area contributed by atoms with Crippen molar-refractivity contribution in [2.75, 3.05) is 20.2 Å². The summed E-state index contributed by atoms with van der Waals surface area (Å²) in [4.78, 5) is 65.9. The van der Waals surface area contributed by atoms with E-state index in [1.807, 2.05) is 36.4 Å². The number of carbonyl (C=O) groups excluding carboxylic acids is 2. The number of aliphatic hydroxyl groups excluding tert-OH is 1. The Kier molecular flexibility index (Phi) is 11.8. The molecule has 3 N–H and O–H groups in total. The summed E-state index contributed by atoms with van der Waals surface area (Å²) in [6, 6.07) is 11.5. The van der Waals surface area contributed by atoms with Gasteiger partial charge in [-0.1, -0.05) is 12.1 Å². The van der Waals surface area contributed by atoms with Crippen molar-refractivity contribution in [2.45, 2.75) is 32.5 Å². The average Bonchev–Trinajstić information content (AvgIpc) is 3.95. The van der Waals surface area contributed by atoms with E-state index in [9.17, 15) is 14.7 Å². The van der Waals surface area contributed by atoms with Crippen molar-refractivity contribution in [1.82, 2.24) is 64.9 Å². The minimum absolute atomic E-state index is 0. The van der Waals surface area contributed by atoms with Crippen LogP contribution in [0.1, 0.15) is 38.7 Å². The van der Waals surface area contributed by atoms with Gasteiger partial charge in [0.2, 0.25) is 0 Å². The molecule has 1 amide bonds. The van der Waals surface area contributed by atoms with Gasteiger partial charge in [-0.15, -0.1) is 5.10 Å². The molecular formula is C37H35BN13O4U. The maximum Gasteiger partial charge on any atom is 0.295 e. The van der Waals surface area contributed by atoms with Crippen LogP contribution in [0, 0.1) is 31.1 Å². The number of hydrogen-bond acceptors (Lipinski definition) is 14. The number of pyridine rings is 3. The van der Waals surface area contributed by atoms with Gasteiger partial charge < -0.3 is 25.0 Å². The molecule has 7 aromatic heterocycles. The number of amides is 1. The van der Waals surface area contributed by atoms with E-state index in [1.165, 1.54) is 47.3 Å². The monoisotopic (exact) mass is 978 g/mol.